The van der Waals surface area contributed by atoms with Crippen LogP contribution in [0.25, 0.3) is 0 Å². The quantitative estimate of drug-likeness (QED) is 0.0278. The fraction of sp³-hybridized carbons (Fsp3) is 0.569. The molecule has 117 heavy (non-hydrogen) atoms. The van der Waals surface area contributed by atoms with Gasteiger partial charge >= 0.3 is 0 Å². The van der Waals surface area contributed by atoms with Crippen molar-refractivity contribution in [3.63, 3.8) is 0 Å². The summed E-state index contributed by atoms with van der Waals surface area (Å²) in [5.74, 6) is 7.07. The summed E-state index contributed by atoms with van der Waals surface area (Å²) in [6, 6.07) is 46.7. The van der Waals surface area contributed by atoms with E-state index in [-0.39, 0.29) is 25.0 Å². The molecule has 15 heteroatoms. The van der Waals surface area contributed by atoms with Gasteiger partial charge in [-0.2, -0.15) is 20.5 Å². The number of amides is 2. The van der Waals surface area contributed by atoms with Gasteiger partial charge in [0.15, 0.2) is 11.5 Å². The largest absolute Gasteiger partial charge is 0.494 e. The van der Waals surface area contributed by atoms with E-state index in [9.17, 15) is 9.59 Å². The average Bonchev–Trinajstić information content (AvgIpc) is 0.788. The molecule has 0 aliphatic rings. The number of ether oxygens (including phenoxy) is 7. The van der Waals surface area contributed by atoms with Crippen molar-refractivity contribution in [1.29, 1.82) is 0 Å². The second-order valence-electron chi connectivity index (χ2n) is 33.4. The van der Waals surface area contributed by atoms with Crippen molar-refractivity contribution in [1.82, 2.24) is 0 Å². The molecule has 0 unspecified atom stereocenters. The Bertz CT molecular complexity index is 3570. The van der Waals surface area contributed by atoms with Crippen LogP contribution in [0.3, 0.4) is 0 Å². The molecule has 0 saturated heterocycles. The molecule has 0 spiro atoms. The second kappa shape index (κ2) is 59.0. The van der Waals surface area contributed by atoms with E-state index < -0.39 is 0 Å². The molecule has 0 heterocycles. The number of carbonyl (C=O) groups excluding carboxylic acids is 2. The average molecular weight is 1600 g/mol. The molecule has 2 amide bonds. The minimum absolute atomic E-state index is 0.190. The van der Waals surface area contributed by atoms with E-state index in [1.54, 1.807) is 24.3 Å². The fourth-order valence-corrected chi connectivity index (χ4v) is 14.3. The zero-order chi connectivity index (χ0) is 83.0. The van der Waals surface area contributed by atoms with Crippen LogP contribution in [0.5, 0.6) is 40.2 Å². The summed E-state index contributed by atoms with van der Waals surface area (Å²) in [7, 11) is 0. The predicted octanol–water partition coefficient (Wildman–Crippen LogP) is 31.5. The van der Waals surface area contributed by atoms with Crippen molar-refractivity contribution in [3.8, 4) is 40.2 Å². The second-order valence-corrected chi connectivity index (χ2v) is 33.4. The molecule has 0 aliphatic carbocycles. The van der Waals surface area contributed by atoms with Gasteiger partial charge in [0.2, 0.25) is 5.75 Å². The Morgan fingerprint density at radius 1 is 0.274 bits per heavy atom. The van der Waals surface area contributed by atoms with Crippen LogP contribution in [0, 0.1) is 23.7 Å². The highest BCUT2D eigenvalue weighted by Gasteiger charge is 2.25. The third-order valence-corrected chi connectivity index (χ3v) is 21.8. The fourth-order valence-electron chi connectivity index (χ4n) is 14.3. The van der Waals surface area contributed by atoms with E-state index in [0.717, 1.165) is 85.8 Å². The van der Waals surface area contributed by atoms with Crippen LogP contribution < -0.4 is 43.8 Å². The molecular formula is C102H148N6O9. The Kier molecular flexibility index (Phi) is 48.1. The first-order valence-electron chi connectivity index (χ1n) is 45.9. The Hall–Kier alpha value is -8.72. The van der Waals surface area contributed by atoms with Gasteiger partial charge in [-0.1, -0.05) is 274 Å². The molecule has 0 aromatic heterocycles. The summed E-state index contributed by atoms with van der Waals surface area (Å²) < 4.78 is 46.7. The van der Waals surface area contributed by atoms with Crippen LogP contribution in [-0.2, 0) is 13.2 Å². The molecule has 2 N–H and O–H groups in total. The molecule has 7 aromatic rings. The molecule has 640 valence electrons. The van der Waals surface area contributed by atoms with Gasteiger partial charge in [0.05, 0.1) is 55.8 Å². The summed E-state index contributed by atoms with van der Waals surface area (Å²) >= 11 is 0. The van der Waals surface area contributed by atoms with Crippen molar-refractivity contribution in [3.05, 3.63) is 174 Å². The highest BCUT2D eigenvalue weighted by molar-refractivity contribution is 6.05. The lowest BCUT2D eigenvalue weighted by atomic mass is 9.98. The number of unbranched alkanes of at least 4 members (excludes halogenated alkanes) is 27. The smallest absolute Gasteiger partial charge is 0.255 e. The number of carbonyl (C=O) groups is 2. The molecule has 15 nitrogen and oxygen atoms in total. The summed E-state index contributed by atoms with van der Waals surface area (Å²) in [5, 5.41) is 24.3. The topological polar surface area (TPSA) is 172 Å². The van der Waals surface area contributed by atoms with Crippen LogP contribution in [0.4, 0.5) is 34.1 Å². The van der Waals surface area contributed by atoms with E-state index in [4.69, 9.17) is 33.2 Å². The van der Waals surface area contributed by atoms with Crippen molar-refractivity contribution in [2.45, 2.75) is 320 Å². The van der Waals surface area contributed by atoms with Gasteiger partial charge in [0.25, 0.3) is 11.8 Å². The number of rotatable bonds is 66. The lowest BCUT2D eigenvalue weighted by Crippen LogP contribution is -2.12. The van der Waals surface area contributed by atoms with Crippen molar-refractivity contribution in [2.75, 3.05) is 43.7 Å². The number of azo groups is 2. The standard InChI is InChI=1S/C102H148N6O9/c1-10-13-16-19-22-25-28-31-34-37-72-113-98-86(78-116-96-66-58-92(59-67-96)107-105-90-54-50-88(51-55-90)103-101(109)84-46-62-94(63-47-84)111-75-70-82(8)44-40-42-80(4)5)77-87(99(114-73-38-35-32-29-26-23-20-17-14-11-2)100(98)115-74-39-36-33-30-27-24-21-18-15-12-3)79-117-97-68-60-93(61-69-97)108-106-91-56-52-89(53-57-91)104-102(110)85-48-64-95(65-49-85)112-76-71-83(9)45-41-43-81(6)7/h46-69,77,80-83H,10-45,70-76,78-79H2,1-9H3,(H,103,109)(H,104,110)/t82-,83-/m0/s1. The van der Waals surface area contributed by atoms with E-state index in [2.05, 4.69) is 99.5 Å². The molecule has 7 aromatic carbocycles. The molecule has 0 saturated carbocycles. The maximum absolute atomic E-state index is 13.3. The van der Waals surface area contributed by atoms with Gasteiger partial charge in [-0.3, -0.25) is 9.59 Å². The van der Waals surface area contributed by atoms with Crippen LogP contribution in [0.1, 0.15) is 338 Å². The number of hydrogen-bond acceptors (Lipinski definition) is 13. The first kappa shape index (κ1) is 95.4. The third kappa shape index (κ3) is 41.0. The lowest BCUT2D eigenvalue weighted by molar-refractivity contribution is 0.101. The van der Waals surface area contributed by atoms with Gasteiger partial charge in [0, 0.05) is 33.6 Å². The van der Waals surface area contributed by atoms with Gasteiger partial charge < -0.3 is 43.8 Å². The van der Waals surface area contributed by atoms with Crippen molar-refractivity contribution in [2.24, 2.45) is 44.1 Å². The summed E-state index contributed by atoms with van der Waals surface area (Å²) in [5.41, 5.74) is 6.69. The van der Waals surface area contributed by atoms with Gasteiger partial charge in [-0.15, -0.1) is 0 Å². The number of benzene rings is 7. The summed E-state index contributed by atoms with van der Waals surface area (Å²) in [4.78, 5) is 26.6. The molecule has 0 radical (unpaired) electrons. The predicted molar refractivity (Wildman–Crippen MR) is 486 cm³/mol. The SMILES string of the molecule is CCCCCCCCCCCCOc1c(COc2ccc(N=Nc3ccc(NC(=O)c4ccc(OCC[C@@H](C)CCCC(C)C)cc4)cc3)cc2)cc(COc2ccc(N=Nc3ccc(NC(=O)c4ccc(OCC[C@@H](C)CCCC(C)C)cc4)cc3)cc2)c(OCCCCCCCCCCCC)c1OCCCCCCCCCCCC. The van der Waals surface area contributed by atoms with E-state index in [1.165, 1.54) is 193 Å². The highest BCUT2D eigenvalue weighted by atomic mass is 16.5. The summed E-state index contributed by atoms with van der Waals surface area (Å²) in [6.45, 7) is 23.8. The Morgan fingerprint density at radius 3 is 0.838 bits per heavy atom. The number of nitrogens with one attached hydrogen (secondary N) is 2. The molecular weight excluding hydrogens is 1450 g/mol. The van der Waals surface area contributed by atoms with E-state index >= 15 is 0 Å². The lowest BCUT2D eigenvalue weighted by Gasteiger charge is -2.23. The maximum atomic E-state index is 13.3. The van der Waals surface area contributed by atoms with Crippen LogP contribution >= 0.6 is 0 Å². The maximum Gasteiger partial charge on any atom is 0.255 e. The summed E-state index contributed by atoms with van der Waals surface area (Å²) in [6.07, 6.45) is 46.2. The minimum Gasteiger partial charge on any atom is -0.494 e. The first-order valence-corrected chi connectivity index (χ1v) is 45.9. The Labute approximate surface area is 706 Å². The van der Waals surface area contributed by atoms with Crippen LogP contribution in [-0.4, -0.2) is 44.8 Å². The zero-order valence-electron chi connectivity index (χ0n) is 73.5. The Balaban J connectivity index is 1.05. The van der Waals surface area contributed by atoms with Crippen LogP contribution in [0.2, 0.25) is 0 Å². The van der Waals surface area contributed by atoms with Gasteiger partial charge in [-0.25, -0.2) is 0 Å². The Morgan fingerprint density at radius 2 is 0.538 bits per heavy atom. The van der Waals surface area contributed by atoms with Gasteiger partial charge in [0.1, 0.15) is 36.2 Å². The molecule has 2 atom stereocenters. The number of hydrogen-bond donors (Lipinski definition) is 2. The minimum atomic E-state index is -0.202. The van der Waals surface area contributed by atoms with Crippen molar-refractivity contribution < 1.29 is 42.7 Å². The monoisotopic (exact) mass is 1600 g/mol. The molecule has 0 aliphatic heterocycles. The zero-order valence-corrected chi connectivity index (χ0v) is 73.5. The highest BCUT2D eigenvalue weighted by Crippen LogP contribution is 2.45. The molecule has 0 fully saturated rings. The molecule has 0 bridgehead atoms. The number of nitrogens with zero attached hydrogens (tertiary/aromatic N) is 4. The van der Waals surface area contributed by atoms with Crippen molar-refractivity contribution >= 4 is 45.9 Å². The first-order chi connectivity index (χ1) is 57.2. The third-order valence-electron chi connectivity index (χ3n) is 21.8. The number of anilines is 2. The molecule has 7 rings (SSSR count). The van der Waals surface area contributed by atoms with E-state index in [0.29, 0.717) is 119 Å². The van der Waals surface area contributed by atoms with E-state index in [1.807, 2.05) is 121 Å². The van der Waals surface area contributed by atoms with Gasteiger partial charge in [-0.05, 0) is 207 Å². The normalized spacial score (nSPS) is 12.1. The van der Waals surface area contributed by atoms with Crippen LogP contribution in [0.15, 0.2) is 172 Å².